The first-order valence-electron chi connectivity index (χ1n) is 8.49. The van der Waals surface area contributed by atoms with Crippen molar-refractivity contribution in [3.05, 3.63) is 47.0 Å². The fourth-order valence-corrected chi connectivity index (χ4v) is 3.47. The minimum atomic E-state index is -0.260. The monoisotopic (exact) mass is 327 g/mol. The third kappa shape index (κ3) is 3.82. The highest BCUT2D eigenvalue weighted by atomic mass is 16.1. The predicted octanol–water partition coefficient (Wildman–Crippen LogP) is 1.88. The number of aryl methyl sites for hydroxylation is 3. The molecule has 2 N–H and O–H groups in total. The highest BCUT2D eigenvalue weighted by Gasteiger charge is 2.28. The van der Waals surface area contributed by atoms with Crippen molar-refractivity contribution in [2.24, 2.45) is 12.8 Å². The lowest BCUT2D eigenvalue weighted by atomic mass is 10.0. The molecule has 1 saturated heterocycles. The van der Waals surface area contributed by atoms with Crippen molar-refractivity contribution < 1.29 is 4.79 Å². The Kier molecular flexibility index (Phi) is 4.94. The highest BCUT2D eigenvalue weighted by Crippen LogP contribution is 2.32. The molecule has 0 saturated carbocycles. The molecule has 0 radical (unpaired) electrons. The highest BCUT2D eigenvalue weighted by molar-refractivity contribution is 5.74. The largest absolute Gasteiger partial charge is 0.370 e. The van der Waals surface area contributed by atoms with E-state index in [2.05, 4.69) is 22.1 Å². The standard InChI is InChI=1S/C18H25N5O/c1-13-10-14(5-6-18(19)24)11-16(21-13)17-4-3-9-23(17)12-15-7-8-20-22(15)2/h7-8,10-11,17H,3-6,9,12H2,1-2H3,(H2,19,24). The van der Waals surface area contributed by atoms with Gasteiger partial charge < -0.3 is 5.73 Å². The van der Waals surface area contributed by atoms with Crippen LogP contribution in [0.3, 0.4) is 0 Å². The van der Waals surface area contributed by atoms with Crippen LogP contribution < -0.4 is 5.73 Å². The molecule has 2 aromatic heterocycles. The molecule has 0 aromatic carbocycles. The van der Waals surface area contributed by atoms with Gasteiger partial charge in [0.2, 0.25) is 5.91 Å². The van der Waals surface area contributed by atoms with Gasteiger partial charge in [-0.05, 0) is 56.5 Å². The summed E-state index contributed by atoms with van der Waals surface area (Å²) in [7, 11) is 1.98. The minimum absolute atomic E-state index is 0.260. The number of nitrogens with two attached hydrogens (primary N) is 1. The number of carbonyl (C=O) groups excluding carboxylic acids is 1. The van der Waals surface area contributed by atoms with Gasteiger partial charge in [0.25, 0.3) is 0 Å². The van der Waals surface area contributed by atoms with Crippen molar-refractivity contribution in [2.45, 2.75) is 45.2 Å². The summed E-state index contributed by atoms with van der Waals surface area (Å²) in [5, 5.41) is 4.26. The van der Waals surface area contributed by atoms with Gasteiger partial charge in [0.05, 0.1) is 17.4 Å². The summed E-state index contributed by atoms with van der Waals surface area (Å²) in [4.78, 5) is 18.3. The topological polar surface area (TPSA) is 77.0 Å². The molecule has 1 amide bonds. The SMILES string of the molecule is Cc1cc(CCC(N)=O)cc(C2CCCN2Cc2ccnn2C)n1. The molecule has 128 valence electrons. The molecule has 1 fully saturated rings. The van der Waals surface area contributed by atoms with E-state index in [9.17, 15) is 4.79 Å². The lowest BCUT2D eigenvalue weighted by Crippen LogP contribution is -2.25. The number of primary amides is 1. The van der Waals surface area contributed by atoms with Crippen molar-refractivity contribution in [3.8, 4) is 0 Å². The normalized spacial score (nSPS) is 18.2. The average Bonchev–Trinajstić information content (AvgIpc) is 3.15. The lowest BCUT2D eigenvalue weighted by Gasteiger charge is -2.24. The number of pyridine rings is 1. The number of rotatable bonds is 6. The minimum Gasteiger partial charge on any atom is -0.370 e. The van der Waals surface area contributed by atoms with Gasteiger partial charge in [-0.1, -0.05) is 0 Å². The zero-order chi connectivity index (χ0) is 17.1. The first kappa shape index (κ1) is 16.6. The van der Waals surface area contributed by atoms with Gasteiger partial charge >= 0.3 is 0 Å². The Balaban J connectivity index is 1.78. The van der Waals surface area contributed by atoms with Crippen molar-refractivity contribution in [1.29, 1.82) is 0 Å². The molecule has 1 atom stereocenters. The van der Waals surface area contributed by atoms with Crippen LogP contribution in [-0.2, 0) is 24.8 Å². The number of aromatic nitrogens is 3. The number of nitrogens with zero attached hydrogens (tertiary/aromatic N) is 4. The third-order valence-corrected chi connectivity index (χ3v) is 4.69. The van der Waals surface area contributed by atoms with Crippen LogP contribution in [0.4, 0.5) is 0 Å². The molecule has 24 heavy (non-hydrogen) atoms. The van der Waals surface area contributed by atoms with Crippen molar-refractivity contribution >= 4 is 5.91 Å². The molecule has 6 nitrogen and oxygen atoms in total. The van der Waals surface area contributed by atoms with Crippen LogP contribution in [0.1, 0.15) is 47.9 Å². The second-order valence-electron chi connectivity index (χ2n) is 6.58. The van der Waals surface area contributed by atoms with Crippen LogP contribution in [0, 0.1) is 6.92 Å². The van der Waals surface area contributed by atoms with Gasteiger partial charge in [-0.25, -0.2) is 0 Å². The van der Waals surface area contributed by atoms with E-state index in [0.717, 1.165) is 36.5 Å². The summed E-state index contributed by atoms with van der Waals surface area (Å²) < 4.78 is 1.93. The maximum atomic E-state index is 11.1. The van der Waals surface area contributed by atoms with Crippen molar-refractivity contribution in [3.63, 3.8) is 0 Å². The molecule has 1 aliphatic heterocycles. The predicted molar refractivity (Wildman–Crippen MR) is 92.1 cm³/mol. The fourth-order valence-electron chi connectivity index (χ4n) is 3.47. The van der Waals surface area contributed by atoms with E-state index in [4.69, 9.17) is 10.7 Å². The van der Waals surface area contributed by atoms with Crippen LogP contribution in [0.2, 0.25) is 0 Å². The first-order chi connectivity index (χ1) is 11.5. The van der Waals surface area contributed by atoms with Crippen LogP contribution in [0.15, 0.2) is 24.4 Å². The molecule has 1 unspecified atom stereocenters. The van der Waals surface area contributed by atoms with Crippen molar-refractivity contribution in [2.75, 3.05) is 6.54 Å². The Morgan fingerprint density at radius 2 is 2.25 bits per heavy atom. The van der Waals surface area contributed by atoms with E-state index in [1.54, 1.807) is 0 Å². The number of carbonyl (C=O) groups is 1. The second kappa shape index (κ2) is 7.13. The summed E-state index contributed by atoms with van der Waals surface area (Å²) in [6.07, 6.45) is 5.19. The van der Waals surface area contributed by atoms with E-state index >= 15 is 0 Å². The smallest absolute Gasteiger partial charge is 0.217 e. The molecule has 0 aliphatic carbocycles. The van der Waals surface area contributed by atoms with Crippen LogP contribution in [0.25, 0.3) is 0 Å². The quantitative estimate of drug-likeness (QED) is 0.879. The number of likely N-dealkylation sites (tertiary alicyclic amines) is 1. The third-order valence-electron chi connectivity index (χ3n) is 4.69. The molecule has 0 spiro atoms. The first-order valence-corrected chi connectivity index (χ1v) is 8.49. The van der Waals surface area contributed by atoms with Gasteiger partial charge in [-0.15, -0.1) is 0 Å². The zero-order valence-electron chi connectivity index (χ0n) is 14.4. The van der Waals surface area contributed by atoms with E-state index in [1.165, 1.54) is 12.1 Å². The summed E-state index contributed by atoms with van der Waals surface area (Å²) >= 11 is 0. The van der Waals surface area contributed by atoms with Gasteiger partial charge in [-0.2, -0.15) is 5.10 Å². The Bertz CT molecular complexity index is 724. The van der Waals surface area contributed by atoms with Crippen LogP contribution >= 0.6 is 0 Å². The summed E-state index contributed by atoms with van der Waals surface area (Å²) in [5.74, 6) is -0.260. The zero-order valence-corrected chi connectivity index (χ0v) is 14.4. The van der Waals surface area contributed by atoms with Gasteiger partial charge in [-0.3, -0.25) is 19.4 Å². The molecule has 0 bridgehead atoms. The van der Waals surface area contributed by atoms with Crippen LogP contribution in [-0.4, -0.2) is 32.1 Å². The Morgan fingerprint density at radius 3 is 2.96 bits per heavy atom. The number of amides is 1. The van der Waals surface area contributed by atoms with E-state index in [0.29, 0.717) is 18.9 Å². The summed E-state index contributed by atoms with van der Waals surface area (Å²) in [6, 6.07) is 6.58. The second-order valence-corrected chi connectivity index (χ2v) is 6.58. The molecule has 2 aromatic rings. The lowest BCUT2D eigenvalue weighted by molar-refractivity contribution is -0.117. The number of hydrogen-bond acceptors (Lipinski definition) is 4. The Morgan fingerprint density at radius 1 is 1.42 bits per heavy atom. The fraction of sp³-hybridized carbons (Fsp3) is 0.500. The molecular weight excluding hydrogens is 302 g/mol. The summed E-state index contributed by atoms with van der Waals surface area (Å²) in [5.41, 5.74) is 9.74. The number of hydrogen-bond donors (Lipinski definition) is 1. The average molecular weight is 327 g/mol. The van der Waals surface area contributed by atoms with E-state index < -0.39 is 0 Å². The molecule has 1 aliphatic rings. The maximum Gasteiger partial charge on any atom is 0.217 e. The molecule has 3 heterocycles. The maximum absolute atomic E-state index is 11.1. The molecule has 6 heteroatoms. The molecule has 3 rings (SSSR count). The molecular formula is C18H25N5O. The van der Waals surface area contributed by atoms with E-state index in [-0.39, 0.29) is 5.91 Å². The van der Waals surface area contributed by atoms with Gasteiger partial charge in [0.15, 0.2) is 0 Å². The van der Waals surface area contributed by atoms with E-state index in [1.807, 2.05) is 30.9 Å². The van der Waals surface area contributed by atoms with Crippen molar-refractivity contribution in [1.82, 2.24) is 19.7 Å². The van der Waals surface area contributed by atoms with Gasteiger partial charge in [0.1, 0.15) is 0 Å². The Hall–Kier alpha value is -2.21. The summed E-state index contributed by atoms with van der Waals surface area (Å²) in [6.45, 7) is 3.97. The van der Waals surface area contributed by atoms with Crippen LogP contribution in [0.5, 0.6) is 0 Å². The Labute approximate surface area is 142 Å². The van der Waals surface area contributed by atoms with Gasteiger partial charge in [0, 0.05) is 31.9 Å².